The maximum Gasteiger partial charge on any atom is 0.416 e. The van der Waals surface area contributed by atoms with Gasteiger partial charge in [-0.3, -0.25) is 53.1 Å². The number of carboxylic acid groups (broad SMARTS) is 2. The summed E-state index contributed by atoms with van der Waals surface area (Å²) in [7, 11) is 0. The Labute approximate surface area is 691 Å². The number of amides is 5. The van der Waals surface area contributed by atoms with Crippen LogP contribution in [0.3, 0.4) is 0 Å². The normalized spacial score (nSPS) is 18.3. The van der Waals surface area contributed by atoms with Crippen molar-refractivity contribution in [1.82, 2.24) is 64.3 Å². The van der Waals surface area contributed by atoms with Crippen LogP contribution >= 0.6 is 0 Å². The SMILES string of the molecule is C.Cc1c(C(=O)C(=O)NC2(C(F)(F)F)COC2)c2n(c1C(=O)Nc1ccnc(C(F)F)c1F)C[C@H](F)C2.Cc1c(C(=O)C(=O)NC2(C(F)(F)F)COC2)c2n(c1C(=O)Nc1ccnc(C(F)F)c1F)C[C@H](F)C2.Cc1c(C(=O)C(=O)NC2(C(F)(F)F)COC2)c2n(c1C(=O)On1nnc3cccnc31)C[C@H](F)C2.Cc1c(C(=O)C(=O)O)c2n(c1C(=O)O)C[C@H](F)C2. The van der Waals surface area contributed by atoms with Crippen LogP contribution in [0.2, 0.25) is 0 Å². The number of alkyl halides is 17. The van der Waals surface area contributed by atoms with Crippen LogP contribution in [-0.4, -0.2) is 229 Å². The molecule has 126 heavy (non-hydrogen) atoms. The minimum absolute atomic E-state index is 0. The van der Waals surface area contributed by atoms with Crippen LogP contribution in [0.1, 0.15) is 160 Å². The second-order valence-electron chi connectivity index (χ2n) is 29.1. The molecular weight excluding hydrogens is 1750 g/mol. The second kappa shape index (κ2) is 34.8. The molecule has 52 heteroatoms. The second-order valence-corrected chi connectivity index (χ2v) is 29.1. The van der Waals surface area contributed by atoms with E-state index in [1.165, 1.54) is 43.0 Å². The number of halogens is 19. The minimum atomic E-state index is -4.92. The molecule has 15 heterocycles. The van der Waals surface area contributed by atoms with Crippen LogP contribution in [0, 0.1) is 39.3 Å². The van der Waals surface area contributed by atoms with Crippen LogP contribution in [0.15, 0.2) is 42.9 Å². The first-order valence-electron chi connectivity index (χ1n) is 36.3. The number of aromatic nitrogens is 10. The molecule has 0 aliphatic carbocycles. The summed E-state index contributed by atoms with van der Waals surface area (Å²) in [5, 5.41) is 34.3. The quantitative estimate of drug-likeness (QED) is 0.0164. The zero-order valence-electron chi connectivity index (χ0n) is 64.0. The Morgan fingerprint density at radius 1 is 0.468 bits per heavy atom. The molecule has 0 radical (unpaired) electrons. The Balaban J connectivity index is 0.000000167. The standard InChI is InChI=1S/2C21H17F7N4O4.C20H16F4N6O5.C11H10FNO5.CH4/c2*1-8-12(16(33)19(35)31-20(6-36-7-20)21(26,27)28)11-4-9(22)5-32(11)15(8)18(34)30-10-2-3-29-14(13(10)23)17(24)25;1-9-13(15(31)17(32)26-19(7-34-8-19)20(22,23)24)12-5-10(21)6-29(12)14(9)18(33)35-30-16-11(27-28-30)3-2-4-25-16;1-4-7(9(14)11(17)18)6-2-5(12)3-13(6)8(4)10(15)16;/h2*2-3,9,17H,4-7H2,1H3,(H,31,35)(H,29,30,34);2-4,10H,5-8H2,1H3,(H,26,32);5H,2-3H2,1H3,(H,15,16)(H,17,18);1H4/t2*9-;10-;5-;/m1111./s1. The van der Waals surface area contributed by atoms with E-state index in [0.717, 1.165) is 38.5 Å². The summed E-state index contributed by atoms with van der Waals surface area (Å²) in [4.78, 5) is 165. The highest BCUT2D eigenvalue weighted by molar-refractivity contribution is 6.45. The number of aromatic carboxylic acids is 1. The van der Waals surface area contributed by atoms with Gasteiger partial charge in [0.25, 0.3) is 65.5 Å². The molecule has 5 amide bonds. The lowest BCUT2D eigenvalue weighted by Crippen LogP contribution is -2.71. The van der Waals surface area contributed by atoms with Gasteiger partial charge >= 0.3 is 36.4 Å². The average Bonchev–Trinajstić information content (AvgIpc) is 1.63. The number of rotatable bonds is 20. The number of anilines is 2. The fraction of sp³-hybridized carbons (Fsp3) is 0.419. The monoisotopic (exact) mass is 1810 g/mol. The topological polar surface area (TPSA) is 431 Å². The van der Waals surface area contributed by atoms with Crippen molar-refractivity contribution in [3.8, 4) is 0 Å². The van der Waals surface area contributed by atoms with E-state index in [0.29, 0.717) is 5.52 Å². The van der Waals surface area contributed by atoms with Gasteiger partial charge < -0.3 is 74.1 Å². The summed E-state index contributed by atoms with van der Waals surface area (Å²) in [5.74, 6) is -19.5. The molecular formula is C74H64F19N15O18. The van der Waals surface area contributed by atoms with E-state index in [-0.39, 0.29) is 118 Å². The van der Waals surface area contributed by atoms with Crippen LogP contribution in [-0.2, 0) is 85.3 Å². The maximum absolute atomic E-state index is 14.3. The zero-order valence-corrected chi connectivity index (χ0v) is 64.0. The Morgan fingerprint density at radius 2 is 0.786 bits per heavy atom. The molecule has 7 aliphatic heterocycles. The molecule has 15 rings (SSSR count). The molecule has 7 N–H and O–H groups in total. The lowest BCUT2D eigenvalue weighted by atomic mass is 9.95. The average molecular weight is 1810 g/mol. The number of nitrogens with zero attached hydrogens (tertiary/aromatic N) is 10. The Hall–Kier alpha value is -13.0. The smallest absolute Gasteiger partial charge is 0.416 e. The molecule has 0 aromatic carbocycles. The molecule has 4 atom stereocenters. The summed E-state index contributed by atoms with van der Waals surface area (Å²) in [6.45, 7) is -1.55. The van der Waals surface area contributed by atoms with E-state index < -0.39 is 254 Å². The van der Waals surface area contributed by atoms with Crippen LogP contribution in [0.25, 0.3) is 11.2 Å². The summed E-state index contributed by atoms with van der Waals surface area (Å²) < 4.78 is 275. The van der Waals surface area contributed by atoms with Crippen LogP contribution in [0.5, 0.6) is 0 Å². The van der Waals surface area contributed by atoms with Gasteiger partial charge in [-0.15, -0.1) is 5.10 Å². The van der Waals surface area contributed by atoms with Crippen molar-refractivity contribution in [1.29, 1.82) is 0 Å². The highest BCUT2D eigenvalue weighted by atomic mass is 19.4. The predicted molar refractivity (Wildman–Crippen MR) is 383 cm³/mol. The van der Waals surface area contributed by atoms with Gasteiger partial charge in [0.05, 0.1) is 99.4 Å². The Kier molecular flexibility index (Phi) is 25.9. The number of ketones is 4. The third-order valence-corrected chi connectivity index (χ3v) is 21.1. The largest absolute Gasteiger partial charge is 0.477 e. The van der Waals surface area contributed by atoms with Crippen molar-refractivity contribution in [3.63, 3.8) is 0 Å². The lowest BCUT2D eigenvalue weighted by molar-refractivity contribution is -0.265. The summed E-state index contributed by atoms with van der Waals surface area (Å²) >= 11 is 0. The fourth-order valence-corrected chi connectivity index (χ4v) is 14.9. The molecule has 8 aromatic heterocycles. The number of hydrogen-bond acceptors (Lipinski definition) is 21. The van der Waals surface area contributed by atoms with E-state index in [4.69, 9.17) is 15.1 Å². The number of Topliss-reactive ketones (excluding diaryl/α,β-unsaturated/α-hetero) is 4. The highest BCUT2D eigenvalue weighted by Gasteiger charge is 2.64. The van der Waals surface area contributed by atoms with Gasteiger partial charge in [-0.25, -0.2) is 63.3 Å². The number of carbonyl (C=O) groups is 12. The van der Waals surface area contributed by atoms with E-state index >= 15 is 0 Å². The molecule has 0 spiro atoms. The van der Waals surface area contributed by atoms with Crippen LogP contribution in [0.4, 0.5) is 94.8 Å². The van der Waals surface area contributed by atoms with E-state index in [9.17, 15) is 141 Å². The summed E-state index contributed by atoms with van der Waals surface area (Å²) in [6.07, 6.45) is -25.4. The number of nitrogens with one attached hydrogen (secondary N) is 5. The third-order valence-electron chi connectivity index (χ3n) is 21.1. The molecule has 0 bridgehead atoms. The minimum Gasteiger partial charge on any atom is -0.477 e. The van der Waals surface area contributed by atoms with Gasteiger partial charge in [0.15, 0.2) is 28.3 Å². The van der Waals surface area contributed by atoms with Gasteiger partial charge in [0, 0.05) is 67.0 Å². The van der Waals surface area contributed by atoms with E-state index in [2.05, 4.69) is 50.1 Å². The van der Waals surface area contributed by atoms with E-state index in [1.807, 2.05) is 0 Å². The molecule has 3 fully saturated rings. The zero-order chi connectivity index (χ0) is 91.9. The van der Waals surface area contributed by atoms with Gasteiger partial charge in [0.2, 0.25) is 5.65 Å². The van der Waals surface area contributed by atoms with Gasteiger partial charge in [0.1, 0.15) is 64.4 Å². The molecule has 0 unspecified atom stereocenters. The molecule has 33 nitrogen and oxygen atoms in total. The van der Waals surface area contributed by atoms with Crippen molar-refractivity contribution in [2.45, 2.75) is 160 Å². The third kappa shape index (κ3) is 17.0. The Morgan fingerprint density at radius 3 is 1.10 bits per heavy atom. The molecule has 3 saturated heterocycles. The van der Waals surface area contributed by atoms with Crippen molar-refractivity contribution in [3.05, 3.63) is 156 Å². The number of aliphatic carboxylic acids is 1. The first kappa shape index (κ1) is 93.7. The van der Waals surface area contributed by atoms with Crippen molar-refractivity contribution in [2.24, 2.45) is 0 Å². The van der Waals surface area contributed by atoms with E-state index in [1.54, 1.807) is 28.1 Å². The Bertz CT molecular complexity index is 5630. The number of carbonyl (C=O) groups excluding carboxylic acids is 10. The number of carboxylic acids is 2. The van der Waals surface area contributed by atoms with Crippen LogP contribution < -0.4 is 31.4 Å². The van der Waals surface area contributed by atoms with Crippen molar-refractivity contribution in [2.75, 3.05) is 50.3 Å². The van der Waals surface area contributed by atoms with Gasteiger partial charge in [-0.2, -0.15) is 39.5 Å². The maximum atomic E-state index is 14.3. The molecule has 0 saturated carbocycles. The number of fused-ring (bicyclic) bond motifs is 5. The lowest BCUT2D eigenvalue weighted by Gasteiger charge is -2.42. The fourth-order valence-electron chi connectivity index (χ4n) is 14.9. The number of pyridine rings is 3. The highest BCUT2D eigenvalue weighted by Crippen LogP contribution is 2.43. The van der Waals surface area contributed by atoms with Gasteiger partial charge in [-0.1, -0.05) is 7.43 Å². The summed E-state index contributed by atoms with van der Waals surface area (Å²) in [6, 6.07) is 4.97. The predicted octanol–water partition coefficient (Wildman–Crippen LogP) is 8.11. The number of hydrogen-bond donors (Lipinski definition) is 7. The number of ether oxygens (including phenoxy) is 3. The van der Waals surface area contributed by atoms with Crippen molar-refractivity contribution >= 4 is 93.1 Å². The molecule has 676 valence electrons. The first-order valence-corrected chi connectivity index (χ1v) is 36.3. The summed E-state index contributed by atoms with van der Waals surface area (Å²) in [5.41, 5.74) is -14.6. The molecule has 7 aliphatic rings. The first-order chi connectivity index (χ1) is 58.4. The van der Waals surface area contributed by atoms with Crippen molar-refractivity contribution < 1.29 is 170 Å². The molecule has 8 aromatic rings. The van der Waals surface area contributed by atoms with Gasteiger partial charge in [-0.05, 0) is 84.3 Å².